The Balaban J connectivity index is 1.39. The Kier molecular flexibility index (Phi) is 5.90. The van der Waals surface area contributed by atoms with Crippen LogP contribution in [0, 0.1) is 6.92 Å². The third kappa shape index (κ3) is 5.04. The van der Waals surface area contributed by atoms with Crippen molar-refractivity contribution < 1.29 is 23.5 Å². The van der Waals surface area contributed by atoms with E-state index in [1.165, 1.54) is 0 Å². The molecule has 1 aromatic heterocycles. The lowest BCUT2D eigenvalue weighted by atomic mass is 10.1. The van der Waals surface area contributed by atoms with E-state index in [1.54, 1.807) is 42.5 Å². The van der Waals surface area contributed by atoms with E-state index in [-0.39, 0.29) is 25.2 Å². The Labute approximate surface area is 179 Å². The molecule has 0 saturated heterocycles. The molecule has 0 saturated carbocycles. The fourth-order valence-electron chi connectivity index (χ4n) is 3.29. The number of furan rings is 1. The number of hydrogen-bond acceptors (Lipinski definition) is 6. The molecule has 2 heterocycles. The molecule has 3 aromatic rings. The summed E-state index contributed by atoms with van der Waals surface area (Å²) in [5.74, 6) is 2.27. The van der Waals surface area contributed by atoms with Crippen molar-refractivity contribution in [3.63, 3.8) is 0 Å². The van der Waals surface area contributed by atoms with Crippen molar-refractivity contribution in [2.45, 2.75) is 13.5 Å². The summed E-state index contributed by atoms with van der Waals surface area (Å²) in [6.45, 7) is 2.70. The molecule has 0 radical (unpaired) electrons. The van der Waals surface area contributed by atoms with Gasteiger partial charge in [-0.05, 0) is 50.4 Å². The number of para-hydroxylation sites is 1. The summed E-state index contributed by atoms with van der Waals surface area (Å²) in [7, 11) is 1.83. The molecule has 0 fully saturated rings. The first kappa shape index (κ1) is 20.5. The van der Waals surface area contributed by atoms with Crippen LogP contribution in [-0.4, -0.2) is 37.1 Å². The largest absolute Gasteiger partial charge is 0.465 e. The number of nitrogens with zero attached hydrogens (tertiary/aromatic N) is 1. The second kappa shape index (κ2) is 8.93. The van der Waals surface area contributed by atoms with Crippen LogP contribution in [-0.2, 0) is 11.3 Å². The zero-order chi connectivity index (χ0) is 21.8. The first-order valence-electron chi connectivity index (χ1n) is 9.81. The minimum Gasteiger partial charge on any atom is -0.465 e. The Morgan fingerprint density at radius 2 is 1.81 bits per heavy atom. The molecule has 160 valence electrons. The van der Waals surface area contributed by atoms with Gasteiger partial charge in [-0.25, -0.2) is 0 Å². The molecule has 2 N–H and O–H groups in total. The summed E-state index contributed by atoms with van der Waals surface area (Å²) in [6.07, 6.45) is 0. The lowest BCUT2D eigenvalue weighted by Gasteiger charge is -2.16. The number of likely N-dealkylation sites (N-methyl/N-ethyl adjacent to an activating group) is 1. The van der Waals surface area contributed by atoms with Gasteiger partial charge in [0.15, 0.2) is 11.5 Å². The Hall–Kier alpha value is -3.78. The molecular weight excluding hydrogens is 398 g/mol. The summed E-state index contributed by atoms with van der Waals surface area (Å²) in [4.78, 5) is 27.2. The number of aryl methyl sites for hydroxylation is 1. The van der Waals surface area contributed by atoms with Crippen LogP contribution in [0.15, 0.2) is 59.0 Å². The van der Waals surface area contributed by atoms with Gasteiger partial charge in [-0.1, -0.05) is 12.1 Å². The lowest BCUT2D eigenvalue weighted by molar-refractivity contribution is -0.117. The Morgan fingerprint density at radius 1 is 1.00 bits per heavy atom. The molecule has 0 spiro atoms. The Bertz CT molecular complexity index is 1110. The number of ether oxygens (including phenoxy) is 2. The first-order chi connectivity index (χ1) is 15.0. The van der Waals surface area contributed by atoms with Crippen LogP contribution in [0.25, 0.3) is 0 Å². The third-order valence-electron chi connectivity index (χ3n) is 4.71. The van der Waals surface area contributed by atoms with Crippen LogP contribution < -0.4 is 20.1 Å². The van der Waals surface area contributed by atoms with Crippen molar-refractivity contribution >= 4 is 23.2 Å². The van der Waals surface area contributed by atoms with E-state index in [1.807, 2.05) is 31.0 Å². The predicted molar refractivity (Wildman–Crippen MR) is 115 cm³/mol. The van der Waals surface area contributed by atoms with E-state index in [0.29, 0.717) is 35.0 Å². The van der Waals surface area contributed by atoms with Gasteiger partial charge in [0.1, 0.15) is 11.5 Å². The molecule has 4 rings (SSSR count). The molecule has 0 aliphatic carbocycles. The van der Waals surface area contributed by atoms with Gasteiger partial charge >= 0.3 is 0 Å². The SMILES string of the molecule is Cc1ccc(CN(C)CC(=O)Nc2ccccc2C(=O)Nc2ccc3c(c2)OCO3)o1. The molecular formula is C23H23N3O5. The average molecular weight is 421 g/mol. The molecule has 8 nitrogen and oxygen atoms in total. The minimum absolute atomic E-state index is 0.151. The summed E-state index contributed by atoms with van der Waals surface area (Å²) in [5, 5.41) is 5.65. The number of hydrogen-bond donors (Lipinski definition) is 2. The third-order valence-corrected chi connectivity index (χ3v) is 4.71. The molecule has 2 amide bonds. The fraction of sp³-hybridized carbons (Fsp3) is 0.217. The standard InChI is InChI=1S/C23H23N3O5/c1-15-7-9-17(31-15)12-26(2)13-22(27)25-19-6-4-3-5-18(19)23(28)24-16-8-10-20-21(11-16)30-14-29-20/h3-11H,12-14H2,1-2H3,(H,24,28)(H,25,27). The summed E-state index contributed by atoms with van der Waals surface area (Å²) >= 11 is 0. The van der Waals surface area contributed by atoms with Gasteiger partial charge in [-0.3, -0.25) is 14.5 Å². The number of benzene rings is 2. The minimum atomic E-state index is -0.339. The van der Waals surface area contributed by atoms with Gasteiger partial charge in [0.2, 0.25) is 12.7 Å². The number of amides is 2. The van der Waals surface area contributed by atoms with Crippen LogP contribution in [0.4, 0.5) is 11.4 Å². The highest BCUT2D eigenvalue weighted by Gasteiger charge is 2.17. The summed E-state index contributed by atoms with van der Waals surface area (Å²) < 4.78 is 16.2. The van der Waals surface area contributed by atoms with Gasteiger partial charge in [0.05, 0.1) is 24.3 Å². The van der Waals surface area contributed by atoms with Crippen LogP contribution in [0.1, 0.15) is 21.9 Å². The van der Waals surface area contributed by atoms with Gasteiger partial charge in [0.25, 0.3) is 5.91 Å². The number of rotatable bonds is 7. The van der Waals surface area contributed by atoms with Crippen molar-refractivity contribution in [1.82, 2.24) is 4.90 Å². The van der Waals surface area contributed by atoms with Crippen molar-refractivity contribution in [2.75, 3.05) is 31.0 Å². The van der Waals surface area contributed by atoms with Gasteiger partial charge in [0, 0.05) is 11.8 Å². The topological polar surface area (TPSA) is 93.0 Å². The second-order valence-corrected chi connectivity index (χ2v) is 7.30. The monoisotopic (exact) mass is 421 g/mol. The molecule has 1 aliphatic heterocycles. The van der Waals surface area contributed by atoms with Crippen molar-refractivity contribution in [2.24, 2.45) is 0 Å². The quantitative estimate of drug-likeness (QED) is 0.605. The van der Waals surface area contributed by atoms with E-state index in [4.69, 9.17) is 13.9 Å². The lowest BCUT2D eigenvalue weighted by Crippen LogP contribution is -2.30. The molecule has 8 heteroatoms. The molecule has 0 unspecified atom stereocenters. The maximum absolute atomic E-state index is 12.8. The Morgan fingerprint density at radius 3 is 2.61 bits per heavy atom. The molecule has 2 aromatic carbocycles. The molecule has 0 bridgehead atoms. The van der Waals surface area contributed by atoms with Gasteiger partial charge in [-0.2, -0.15) is 0 Å². The van der Waals surface area contributed by atoms with E-state index in [2.05, 4.69) is 10.6 Å². The van der Waals surface area contributed by atoms with E-state index in [9.17, 15) is 9.59 Å². The smallest absolute Gasteiger partial charge is 0.257 e. The van der Waals surface area contributed by atoms with Crippen LogP contribution in [0.3, 0.4) is 0 Å². The highest BCUT2D eigenvalue weighted by Crippen LogP contribution is 2.34. The van der Waals surface area contributed by atoms with Crippen molar-refractivity contribution in [3.8, 4) is 11.5 Å². The molecule has 0 atom stereocenters. The average Bonchev–Trinajstić information content (AvgIpc) is 3.36. The first-order valence-corrected chi connectivity index (χ1v) is 9.81. The maximum atomic E-state index is 12.8. The summed E-state index contributed by atoms with van der Waals surface area (Å²) in [6, 6.07) is 15.8. The number of anilines is 2. The van der Waals surface area contributed by atoms with Crippen molar-refractivity contribution in [3.05, 3.63) is 71.7 Å². The number of fused-ring (bicyclic) bond motifs is 1. The van der Waals surface area contributed by atoms with Gasteiger partial charge in [-0.15, -0.1) is 0 Å². The van der Waals surface area contributed by atoms with E-state index >= 15 is 0 Å². The number of nitrogens with one attached hydrogen (secondary N) is 2. The van der Waals surface area contributed by atoms with Gasteiger partial charge < -0.3 is 24.5 Å². The van der Waals surface area contributed by atoms with Crippen molar-refractivity contribution in [1.29, 1.82) is 0 Å². The number of carbonyl (C=O) groups excluding carboxylic acids is 2. The second-order valence-electron chi connectivity index (χ2n) is 7.30. The van der Waals surface area contributed by atoms with Crippen LogP contribution in [0.5, 0.6) is 11.5 Å². The van der Waals surface area contributed by atoms with Crippen LogP contribution >= 0.6 is 0 Å². The van der Waals surface area contributed by atoms with Crippen LogP contribution in [0.2, 0.25) is 0 Å². The zero-order valence-corrected chi connectivity index (χ0v) is 17.3. The normalized spacial score (nSPS) is 12.1. The van der Waals surface area contributed by atoms with E-state index in [0.717, 1.165) is 11.5 Å². The fourth-order valence-corrected chi connectivity index (χ4v) is 3.29. The zero-order valence-electron chi connectivity index (χ0n) is 17.3. The highest BCUT2D eigenvalue weighted by atomic mass is 16.7. The van der Waals surface area contributed by atoms with E-state index < -0.39 is 0 Å². The summed E-state index contributed by atoms with van der Waals surface area (Å²) in [5.41, 5.74) is 1.37. The highest BCUT2D eigenvalue weighted by molar-refractivity contribution is 6.10. The number of carbonyl (C=O) groups is 2. The maximum Gasteiger partial charge on any atom is 0.257 e. The predicted octanol–water partition coefficient (Wildman–Crippen LogP) is 3.64. The molecule has 31 heavy (non-hydrogen) atoms. The molecule has 1 aliphatic rings.